The molecular weight excluding hydrogens is 266 g/mol. The molecule has 0 saturated heterocycles. The maximum absolute atomic E-state index is 11.7. The van der Waals surface area contributed by atoms with E-state index in [0.29, 0.717) is 6.07 Å². The Bertz CT molecular complexity index is 597. The summed E-state index contributed by atoms with van der Waals surface area (Å²) in [5.74, 6) is -0.467. The fourth-order valence-corrected chi connectivity index (χ4v) is 2.55. The lowest BCUT2D eigenvalue weighted by Gasteiger charge is -2.03. The third kappa shape index (κ3) is 2.78. The monoisotopic (exact) mass is 275 g/mol. The van der Waals surface area contributed by atoms with Gasteiger partial charge >= 0.3 is 0 Å². The van der Waals surface area contributed by atoms with E-state index >= 15 is 0 Å². The molecule has 1 aromatic carbocycles. The van der Waals surface area contributed by atoms with Gasteiger partial charge < -0.3 is 5.73 Å². The van der Waals surface area contributed by atoms with Crippen molar-refractivity contribution in [2.45, 2.75) is 4.90 Å². The van der Waals surface area contributed by atoms with Crippen LogP contribution >= 0.6 is 0 Å². The standard InChI is InChI=1S/C8H9N3O6S/c9-3-4-18(16,17)8-2-1-6(10(12)13)5-7(8)11(14)15/h1-2,5H,3-4,9H2. The van der Waals surface area contributed by atoms with E-state index in [1.807, 2.05) is 0 Å². The molecule has 0 spiro atoms. The Hall–Kier alpha value is -2.07. The van der Waals surface area contributed by atoms with Crippen LogP contribution in [0.4, 0.5) is 11.4 Å². The molecule has 0 aliphatic carbocycles. The highest BCUT2D eigenvalue weighted by Gasteiger charge is 2.27. The Morgan fingerprint density at radius 2 is 1.78 bits per heavy atom. The second-order valence-electron chi connectivity index (χ2n) is 3.27. The Kier molecular flexibility index (Phi) is 3.93. The van der Waals surface area contributed by atoms with Crippen LogP contribution in [-0.4, -0.2) is 30.6 Å². The minimum absolute atomic E-state index is 0.198. The van der Waals surface area contributed by atoms with Crippen LogP contribution in [-0.2, 0) is 9.84 Å². The molecule has 0 aliphatic rings. The van der Waals surface area contributed by atoms with E-state index in [9.17, 15) is 28.6 Å². The number of hydrogen-bond acceptors (Lipinski definition) is 7. The van der Waals surface area contributed by atoms with Crippen molar-refractivity contribution in [2.75, 3.05) is 12.3 Å². The van der Waals surface area contributed by atoms with Crippen LogP contribution in [0.15, 0.2) is 23.1 Å². The van der Waals surface area contributed by atoms with Gasteiger partial charge in [-0.3, -0.25) is 20.2 Å². The first-order valence-corrected chi connectivity index (χ1v) is 6.30. The van der Waals surface area contributed by atoms with Crippen molar-refractivity contribution in [2.24, 2.45) is 5.73 Å². The minimum atomic E-state index is -3.92. The van der Waals surface area contributed by atoms with Crippen LogP contribution in [0.2, 0.25) is 0 Å². The number of sulfone groups is 1. The summed E-state index contributed by atoms with van der Waals surface area (Å²) in [5, 5.41) is 21.2. The molecule has 0 heterocycles. The van der Waals surface area contributed by atoms with E-state index in [4.69, 9.17) is 5.73 Å². The number of benzene rings is 1. The summed E-state index contributed by atoms with van der Waals surface area (Å²) in [6.07, 6.45) is 0. The molecule has 0 radical (unpaired) electrons. The normalized spacial score (nSPS) is 11.2. The number of nitro benzene ring substituents is 2. The highest BCUT2D eigenvalue weighted by molar-refractivity contribution is 7.91. The molecule has 0 unspecified atom stereocenters. The molecule has 0 fully saturated rings. The Morgan fingerprint density at radius 1 is 1.17 bits per heavy atom. The van der Waals surface area contributed by atoms with Crippen molar-refractivity contribution in [3.8, 4) is 0 Å². The van der Waals surface area contributed by atoms with Crippen molar-refractivity contribution < 1.29 is 18.3 Å². The Labute approximate surface area is 101 Å². The van der Waals surface area contributed by atoms with E-state index in [1.54, 1.807) is 0 Å². The molecule has 0 aromatic heterocycles. The lowest BCUT2D eigenvalue weighted by atomic mass is 10.3. The highest BCUT2D eigenvalue weighted by Crippen LogP contribution is 2.28. The predicted molar refractivity (Wildman–Crippen MR) is 60.9 cm³/mol. The lowest BCUT2D eigenvalue weighted by molar-refractivity contribution is -0.396. The summed E-state index contributed by atoms with van der Waals surface area (Å²) in [5.41, 5.74) is 3.73. The second kappa shape index (κ2) is 5.06. The molecule has 2 N–H and O–H groups in total. The van der Waals surface area contributed by atoms with Crippen LogP contribution in [0.3, 0.4) is 0 Å². The topological polar surface area (TPSA) is 146 Å². The summed E-state index contributed by atoms with van der Waals surface area (Å²) in [4.78, 5) is 18.8. The van der Waals surface area contributed by atoms with Crippen molar-refractivity contribution in [3.63, 3.8) is 0 Å². The summed E-state index contributed by atoms with van der Waals surface area (Å²) in [6, 6.07) is 2.36. The first kappa shape index (κ1) is 14.0. The molecule has 0 amide bonds. The first-order chi connectivity index (χ1) is 8.29. The van der Waals surface area contributed by atoms with Gasteiger partial charge in [0.05, 0.1) is 21.7 Å². The molecule has 18 heavy (non-hydrogen) atoms. The summed E-state index contributed by atoms with van der Waals surface area (Å²) in [7, 11) is -3.92. The van der Waals surface area contributed by atoms with E-state index in [-0.39, 0.29) is 6.54 Å². The summed E-state index contributed by atoms with van der Waals surface area (Å²) in [6.45, 7) is -0.198. The van der Waals surface area contributed by atoms with E-state index < -0.39 is 41.7 Å². The highest BCUT2D eigenvalue weighted by atomic mass is 32.2. The van der Waals surface area contributed by atoms with Gasteiger partial charge in [0.2, 0.25) is 0 Å². The van der Waals surface area contributed by atoms with Gasteiger partial charge in [0.1, 0.15) is 4.90 Å². The average Bonchev–Trinajstić information content (AvgIpc) is 2.27. The van der Waals surface area contributed by atoms with Crippen molar-refractivity contribution in [1.29, 1.82) is 0 Å². The van der Waals surface area contributed by atoms with Gasteiger partial charge in [-0.15, -0.1) is 0 Å². The largest absolute Gasteiger partial charge is 0.329 e. The molecule has 0 atom stereocenters. The van der Waals surface area contributed by atoms with Crippen LogP contribution in [0.25, 0.3) is 0 Å². The number of nitro groups is 2. The Morgan fingerprint density at radius 3 is 2.22 bits per heavy atom. The molecule has 0 bridgehead atoms. The van der Waals surface area contributed by atoms with Crippen LogP contribution in [0.1, 0.15) is 0 Å². The number of non-ortho nitro benzene ring substituents is 1. The van der Waals surface area contributed by atoms with Crippen molar-refractivity contribution in [1.82, 2.24) is 0 Å². The van der Waals surface area contributed by atoms with Crippen LogP contribution < -0.4 is 5.73 Å². The fraction of sp³-hybridized carbons (Fsp3) is 0.250. The quantitative estimate of drug-likeness (QED) is 0.597. The van der Waals surface area contributed by atoms with Gasteiger partial charge in [0.15, 0.2) is 9.84 Å². The zero-order valence-corrected chi connectivity index (χ0v) is 9.79. The third-order valence-electron chi connectivity index (χ3n) is 2.07. The SMILES string of the molecule is NCCS(=O)(=O)c1ccc([N+](=O)[O-])cc1[N+](=O)[O-]. The van der Waals surface area contributed by atoms with Crippen LogP contribution in [0, 0.1) is 20.2 Å². The molecule has 1 aromatic rings. The van der Waals surface area contributed by atoms with Gasteiger partial charge in [-0.2, -0.15) is 0 Å². The zero-order chi connectivity index (χ0) is 13.9. The maximum Gasteiger partial charge on any atom is 0.294 e. The summed E-state index contributed by atoms with van der Waals surface area (Å²) >= 11 is 0. The maximum atomic E-state index is 11.7. The average molecular weight is 275 g/mol. The number of hydrogen-bond donors (Lipinski definition) is 1. The lowest BCUT2D eigenvalue weighted by Crippen LogP contribution is -2.17. The zero-order valence-electron chi connectivity index (χ0n) is 8.98. The third-order valence-corrected chi connectivity index (χ3v) is 3.86. The predicted octanol–water partition coefficient (Wildman–Crippen LogP) is 0.235. The molecule has 0 saturated carbocycles. The van der Waals surface area contributed by atoms with Crippen molar-refractivity contribution in [3.05, 3.63) is 38.4 Å². The molecule has 0 aliphatic heterocycles. The molecule has 1 rings (SSSR count). The molecular formula is C8H9N3O6S. The first-order valence-electron chi connectivity index (χ1n) is 4.65. The van der Waals surface area contributed by atoms with Gasteiger partial charge in [-0.25, -0.2) is 8.42 Å². The molecule has 9 nitrogen and oxygen atoms in total. The second-order valence-corrected chi connectivity index (χ2v) is 5.35. The number of rotatable bonds is 5. The van der Waals surface area contributed by atoms with Crippen molar-refractivity contribution >= 4 is 21.2 Å². The van der Waals surface area contributed by atoms with Gasteiger partial charge in [0.25, 0.3) is 11.4 Å². The van der Waals surface area contributed by atoms with Gasteiger partial charge in [0, 0.05) is 12.6 Å². The van der Waals surface area contributed by atoms with E-state index in [0.717, 1.165) is 12.1 Å². The Balaban J connectivity index is 3.46. The summed E-state index contributed by atoms with van der Waals surface area (Å²) < 4.78 is 23.4. The number of nitrogens with zero attached hydrogens (tertiary/aromatic N) is 2. The minimum Gasteiger partial charge on any atom is -0.329 e. The number of nitrogens with two attached hydrogens (primary N) is 1. The molecule has 10 heteroatoms. The smallest absolute Gasteiger partial charge is 0.294 e. The molecule has 98 valence electrons. The van der Waals surface area contributed by atoms with E-state index in [2.05, 4.69) is 0 Å². The van der Waals surface area contributed by atoms with E-state index in [1.165, 1.54) is 0 Å². The van der Waals surface area contributed by atoms with Gasteiger partial charge in [-0.1, -0.05) is 0 Å². The fourth-order valence-electron chi connectivity index (χ4n) is 1.29. The van der Waals surface area contributed by atoms with Gasteiger partial charge in [-0.05, 0) is 6.07 Å². The van der Waals surface area contributed by atoms with Crippen LogP contribution in [0.5, 0.6) is 0 Å².